The van der Waals surface area contributed by atoms with E-state index in [0.29, 0.717) is 6.42 Å². The summed E-state index contributed by atoms with van der Waals surface area (Å²) in [4.78, 5) is 11.5. The van der Waals surface area contributed by atoms with Gasteiger partial charge in [-0.05, 0) is 33.1 Å². The fraction of sp³-hybridized carbons (Fsp3) is 0.909. The lowest BCUT2D eigenvalue weighted by atomic mass is 10.1. The SMILES string of the molecule is CC(NC(=O)N[C@H](C)CCO)C1CCCO1. The van der Waals surface area contributed by atoms with Crippen LogP contribution in [0.25, 0.3) is 0 Å². The lowest BCUT2D eigenvalue weighted by Gasteiger charge is -2.21. The van der Waals surface area contributed by atoms with Gasteiger partial charge < -0.3 is 20.5 Å². The van der Waals surface area contributed by atoms with Gasteiger partial charge in [0.25, 0.3) is 0 Å². The Labute approximate surface area is 96.6 Å². The molecule has 0 aromatic rings. The third-order valence-corrected chi connectivity index (χ3v) is 2.82. The van der Waals surface area contributed by atoms with Gasteiger partial charge in [-0.1, -0.05) is 0 Å². The van der Waals surface area contributed by atoms with Crippen LogP contribution >= 0.6 is 0 Å². The Morgan fingerprint density at radius 2 is 2.25 bits per heavy atom. The van der Waals surface area contributed by atoms with E-state index < -0.39 is 0 Å². The molecular weight excluding hydrogens is 208 g/mol. The molecule has 0 aromatic carbocycles. The molecule has 3 atom stereocenters. The minimum absolute atomic E-state index is 0.0123. The second-order valence-electron chi connectivity index (χ2n) is 4.37. The second-order valence-corrected chi connectivity index (χ2v) is 4.37. The third kappa shape index (κ3) is 4.37. The van der Waals surface area contributed by atoms with Gasteiger partial charge in [0.1, 0.15) is 0 Å². The number of nitrogens with one attached hydrogen (secondary N) is 2. The number of rotatable bonds is 5. The van der Waals surface area contributed by atoms with Crippen LogP contribution in [0.4, 0.5) is 4.79 Å². The quantitative estimate of drug-likeness (QED) is 0.648. The van der Waals surface area contributed by atoms with Crippen LogP contribution < -0.4 is 10.6 Å². The van der Waals surface area contributed by atoms with Crippen LogP contribution in [0.15, 0.2) is 0 Å². The van der Waals surface area contributed by atoms with E-state index in [-0.39, 0.29) is 30.8 Å². The topological polar surface area (TPSA) is 70.6 Å². The van der Waals surface area contributed by atoms with E-state index in [2.05, 4.69) is 10.6 Å². The van der Waals surface area contributed by atoms with Crippen LogP contribution in [0.5, 0.6) is 0 Å². The van der Waals surface area contributed by atoms with E-state index in [0.717, 1.165) is 19.4 Å². The number of hydrogen-bond acceptors (Lipinski definition) is 3. The fourth-order valence-corrected chi connectivity index (χ4v) is 1.83. The molecule has 1 aliphatic rings. The average Bonchev–Trinajstić information content (AvgIpc) is 2.69. The summed E-state index contributed by atoms with van der Waals surface area (Å²) in [5.41, 5.74) is 0. The van der Waals surface area contributed by atoms with Crippen molar-refractivity contribution in [1.29, 1.82) is 0 Å². The largest absolute Gasteiger partial charge is 0.396 e. The molecule has 1 saturated heterocycles. The Bertz CT molecular complexity index is 217. The highest BCUT2D eigenvalue weighted by Gasteiger charge is 2.23. The van der Waals surface area contributed by atoms with E-state index in [1.54, 1.807) is 0 Å². The molecule has 0 aromatic heterocycles. The summed E-state index contributed by atoms with van der Waals surface area (Å²) in [6.45, 7) is 4.70. The van der Waals surface area contributed by atoms with Gasteiger partial charge in [0, 0.05) is 19.3 Å². The van der Waals surface area contributed by atoms with Crippen LogP contribution in [-0.4, -0.2) is 42.5 Å². The summed E-state index contributed by atoms with van der Waals surface area (Å²) in [5.74, 6) is 0. The van der Waals surface area contributed by atoms with Crippen molar-refractivity contribution in [3.63, 3.8) is 0 Å². The lowest BCUT2D eigenvalue weighted by molar-refractivity contribution is 0.0858. The number of aliphatic hydroxyl groups is 1. The van der Waals surface area contributed by atoms with Crippen molar-refractivity contribution in [3.8, 4) is 0 Å². The number of hydrogen-bond donors (Lipinski definition) is 3. The van der Waals surface area contributed by atoms with Gasteiger partial charge in [0.05, 0.1) is 12.1 Å². The van der Waals surface area contributed by atoms with Crippen molar-refractivity contribution >= 4 is 6.03 Å². The first-order chi connectivity index (χ1) is 7.63. The van der Waals surface area contributed by atoms with Gasteiger partial charge in [-0.25, -0.2) is 4.79 Å². The van der Waals surface area contributed by atoms with Crippen LogP contribution in [0.1, 0.15) is 33.1 Å². The molecule has 1 rings (SSSR count). The Morgan fingerprint density at radius 1 is 1.50 bits per heavy atom. The first kappa shape index (κ1) is 13.3. The van der Waals surface area contributed by atoms with Crippen molar-refractivity contribution in [1.82, 2.24) is 10.6 Å². The first-order valence-corrected chi connectivity index (χ1v) is 5.93. The first-order valence-electron chi connectivity index (χ1n) is 5.93. The maximum absolute atomic E-state index is 11.5. The number of carbonyl (C=O) groups excluding carboxylic acids is 1. The molecule has 2 unspecified atom stereocenters. The smallest absolute Gasteiger partial charge is 0.315 e. The van der Waals surface area contributed by atoms with Crippen LogP contribution in [0.3, 0.4) is 0 Å². The number of carbonyl (C=O) groups is 1. The van der Waals surface area contributed by atoms with E-state index in [1.807, 2.05) is 13.8 Å². The summed E-state index contributed by atoms with van der Waals surface area (Å²) in [6, 6.07) is -0.172. The maximum atomic E-state index is 11.5. The second kappa shape index (κ2) is 6.70. The summed E-state index contributed by atoms with van der Waals surface area (Å²) in [6.07, 6.45) is 2.79. The van der Waals surface area contributed by atoms with E-state index in [9.17, 15) is 4.79 Å². The highest BCUT2D eigenvalue weighted by molar-refractivity contribution is 5.74. The van der Waals surface area contributed by atoms with Crippen LogP contribution in [0.2, 0.25) is 0 Å². The zero-order valence-electron chi connectivity index (χ0n) is 10.0. The predicted molar refractivity (Wildman–Crippen MR) is 61.3 cm³/mol. The van der Waals surface area contributed by atoms with Crippen LogP contribution in [0, 0.1) is 0 Å². The Balaban J connectivity index is 2.22. The Hall–Kier alpha value is -0.810. The van der Waals surface area contributed by atoms with Crippen molar-refractivity contribution in [3.05, 3.63) is 0 Å². The number of amides is 2. The molecule has 16 heavy (non-hydrogen) atoms. The number of urea groups is 1. The lowest BCUT2D eigenvalue weighted by Crippen LogP contribution is -2.48. The van der Waals surface area contributed by atoms with E-state index in [4.69, 9.17) is 9.84 Å². The predicted octanol–water partition coefficient (Wildman–Crippen LogP) is 0.624. The van der Waals surface area contributed by atoms with Gasteiger partial charge in [-0.15, -0.1) is 0 Å². The molecule has 0 spiro atoms. The Morgan fingerprint density at radius 3 is 2.81 bits per heavy atom. The van der Waals surface area contributed by atoms with Crippen molar-refractivity contribution < 1.29 is 14.6 Å². The van der Waals surface area contributed by atoms with Crippen molar-refractivity contribution in [2.75, 3.05) is 13.2 Å². The summed E-state index contributed by atoms with van der Waals surface area (Å²) in [5, 5.41) is 14.3. The van der Waals surface area contributed by atoms with Crippen LogP contribution in [-0.2, 0) is 4.74 Å². The minimum Gasteiger partial charge on any atom is -0.396 e. The highest BCUT2D eigenvalue weighted by Crippen LogP contribution is 2.15. The normalized spacial score (nSPS) is 23.8. The molecule has 0 bridgehead atoms. The third-order valence-electron chi connectivity index (χ3n) is 2.82. The molecule has 0 radical (unpaired) electrons. The minimum atomic E-state index is -0.191. The van der Waals surface area contributed by atoms with Gasteiger partial charge >= 0.3 is 6.03 Å². The van der Waals surface area contributed by atoms with Gasteiger partial charge in [0.15, 0.2) is 0 Å². The molecule has 94 valence electrons. The zero-order chi connectivity index (χ0) is 12.0. The van der Waals surface area contributed by atoms with Gasteiger partial charge in [-0.3, -0.25) is 0 Å². The monoisotopic (exact) mass is 230 g/mol. The molecule has 5 nitrogen and oxygen atoms in total. The molecule has 3 N–H and O–H groups in total. The summed E-state index contributed by atoms with van der Waals surface area (Å²) in [7, 11) is 0. The van der Waals surface area contributed by atoms with Crippen molar-refractivity contribution in [2.45, 2.75) is 51.3 Å². The zero-order valence-corrected chi connectivity index (χ0v) is 10.0. The molecule has 2 amide bonds. The molecule has 5 heteroatoms. The number of aliphatic hydroxyl groups excluding tert-OH is 1. The molecule has 1 fully saturated rings. The summed E-state index contributed by atoms with van der Waals surface area (Å²) < 4.78 is 5.49. The molecular formula is C11H22N2O3. The van der Waals surface area contributed by atoms with E-state index >= 15 is 0 Å². The van der Waals surface area contributed by atoms with E-state index in [1.165, 1.54) is 0 Å². The Kier molecular flexibility index (Phi) is 5.55. The van der Waals surface area contributed by atoms with Gasteiger partial charge in [-0.2, -0.15) is 0 Å². The maximum Gasteiger partial charge on any atom is 0.315 e. The molecule has 1 heterocycles. The summed E-state index contributed by atoms with van der Waals surface area (Å²) >= 11 is 0. The average molecular weight is 230 g/mol. The van der Waals surface area contributed by atoms with Crippen molar-refractivity contribution in [2.24, 2.45) is 0 Å². The molecule has 1 aliphatic heterocycles. The molecule has 0 aliphatic carbocycles. The number of ether oxygens (including phenoxy) is 1. The standard InChI is InChI=1S/C11H22N2O3/c1-8(5-6-14)12-11(15)13-9(2)10-4-3-7-16-10/h8-10,14H,3-7H2,1-2H3,(H2,12,13,15)/t8-,9?,10?/m1/s1. The molecule has 0 saturated carbocycles. The fourth-order valence-electron chi connectivity index (χ4n) is 1.83. The highest BCUT2D eigenvalue weighted by atomic mass is 16.5. The van der Waals surface area contributed by atoms with Gasteiger partial charge in [0.2, 0.25) is 0 Å².